The van der Waals surface area contributed by atoms with Gasteiger partial charge in [-0.2, -0.15) is 0 Å². The highest BCUT2D eigenvalue weighted by atomic mass is 16.4. The average molecular weight is 274 g/mol. The van der Waals surface area contributed by atoms with E-state index >= 15 is 0 Å². The molecule has 1 aromatic carbocycles. The normalized spacial score (nSPS) is 26.6. The molecule has 0 aliphatic heterocycles. The molecule has 1 fully saturated rings. The zero-order valence-corrected chi connectivity index (χ0v) is 12.6. The lowest BCUT2D eigenvalue weighted by molar-refractivity contribution is -0.152. The fraction of sp³-hybridized carbons (Fsp3) is 0.611. The van der Waals surface area contributed by atoms with Crippen LogP contribution in [0.3, 0.4) is 0 Å². The van der Waals surface area contributed by atoms with Crippen molar-refractivity contribution in [2.24, 2.45) is 17.3 Å². The van der Waals surface area contributed by atoms with E-state index in [9.17, 15) is 9.90 Å². The summed E-state index contributed by atoms with van der Waals surface area (Å²) in [4.78, 5) is 11.8. The largest absolute Gasteiger partial charge is 0.481 e. The van der Waals surface area contributed by atoms with Crippen LogP contribution in [0.4, 0.5) is 0 Å². The molecule has 1 saturated carbocycles. The van der Waals surface area contributed by atoms with Gasteiger partial charge in [0, 0.05) is 0 Å². The van der Waals surface area contributed by atoms with Gasteiger partial charge in [-0.3, -0.25) is 4.79 Å². The molecule has 1 aliphatic rings. The number of hydrogen-bond donors (Lipinski definition) is 1. The van der Waals surface area contributed by atoms with E-state index in [0.29, 0.717) is 11.8 Å². The Morgan fingerprint density at radius 1 is 1.25 bits per heavy atom. The molecule has 1 aliphatic carbocycles. The van der Waals surface area contributed by atoms with Crippen LogP contribution >= 0.6 is 0 Å². The van der Waals surface area contributed by atoms with Crippen LogP contribution in [0.5, 0.6) is 0 Å². The highest BCUT2D eigenvalue weighted by Crippen LogP contribution is 2.44. The molecule has 0 spiro atoms. The minimum Gasteiger partial charge on any atom is -0.481 e. The third-order valence-corrected chi connectivity index (χ3v) is 5.12. The Bertz CT molecular complexity index is 428. The summed E-state index contributed by atoms with van der Waals surface area (Å²) in [5, 5.41) is 9.69. The van der Waals surface area contributed by atoms with Crippen LogP contribution < -0.4 is 0 Å². The molecule has 0 aromatic heterocycles. The van der Waals surface area contributed by atoms with E-state index in [-0.39, 0.29) is 0 Å². The second-order valence-electron chi connectivity index (χ2n) is 6.65. The molecule has 0 unspecified atom stereocenters. The molecule has 110 valence electrons. The first kappa shape index (κ1) is 15.1. The first-order valence-corrected chi connectivity index (χ1v) is 7.81. The number of aryl methyl sites for hydroxylation is 1. The van der Waals surface area contributed by atoms with Gasteiger partial charge in [0.2, 0.25) is 0 Å². The lowest BCUT2D eigenvalue weighted by Gasteiger charge is -2.38. The maximum absolute atomic E-state index is 11.8. The fourth-order valence-electron chi connectivity index (χ4n) is 3.46. The van der Waals surface area contributed by atoms with Crippen molar-refractivity contribution >= 4 is 5.97 Å². The van der Waals surface area contributed by atoms with Crippen molar-refractivity contribution in [1.29, 1.82) is 0 Å². The Morgan fingerprint density at radius 3 is 2.35 bits per heavy atom. The number of hydrogen-bond acceptors (Lipinski definition) is 1. The van der Waals surface area contributed by atoms with Crippen LogP contribution in [0.25, 0.3) is 0 Å². The number of rotatable bonds is 5. The van der Waals surface area contributed by atoms with Crippen LogP contribution in [0.15, 0.2) is 30.3 Å². The second kappa shape index (κ2) is 6.43. The van der Waals surface area contributed by atoms with Crippen molar-refractivity contribution in [2.75, 3.05) is 0 Å². The molecule has 2 nitrogen and oxygen atoms in total. The lowest BCUT2D eigenvalue weighted by Crippen LogP contribution is -2.36. The number of carboxylic acids is 1. The predicted octanol–water partition coefficient (Wildman–Crippen LogP) is 4.54. The summed E-state index contributed by atoms with van der Waals surface area (Å²) in [7, 11) is 0. The zero-order valence-electron chi connectivity index (χ0n) is 12.6. The number of aliphatic carboxylic acids is 1. The van der Waals surface area contributed by atoms with E-state index in [1.165, 1.54) is 5.56 Å². The fourth-order valence-corrected chi connectivity index (χ4v) is 3.46. The topological polar surface area (TPSA) is 37.3 Å². The molecule has 1 aromatic rings. The van der Waals surface area contributed by atoms with Crippen LogP contribution in [-0.4, -0.2) is 11.1 Å². The van der Waals surface area contributed by atoms with E-state index < -0.39 is 11.4 Å². The third kappa shape index (κ3) is 3.41. The van der Waals surface area contributed by atoms with Gasteiger partial charge in [0.25, 0.3) is 0 Å². The maximum Gasteiger partial charge on any atom is 0.309 e. The van der Waals surface area contributed by atoms with Crippen LogP contribution in [0, 0.1) is 17.3 Å². The molecule has 0 saturated heterocycles. The van der Waals surface area contributed by atoms with Gasteiger partial charge in [-0.25, -0.2) is 0 Å². The number of carbonyl (C=O) groups is 1. The van der Waals surface area contributed by atoms with Crippen molar-refractivity contribution in [1.82, 2.24) is 0 Å². The molecule has 0 amide bonds. The number of carboxylic acid groups (broad SMARTS) is 1. The summed E-state index contributed by atoms with van der Waals surface area (Å²) >= 11 is 0. The molecule has 0 bridgehead atoms. The Labute approximate surface area is 122 Å². The quantitative estimate of drug-likeness (QED) is 0.856. The van der Waals surface area contributed by atoms with Crippen molar-refractivity contribution in [3.8, 4) is 0 Å². The van der Waals surface area contributed by atoms with Gasteiger partial charge in [0.1, 0.15) is 0 Å². The lowest BCUT2D eigenvalue weighted by atomic mass is 9.66. The predicted molar refractivity (Wildman–Crippen MR) is 81.6 cm³/mol. The summed E-state index contributed by atoms with van der Waals surface area (Å²) in [5.41, 5.74) is 0.764. The van der Waals surface area contributed by atoms with Crippen molar-refractivity contribution in [2.45, 2.75) is 52.4 Å². The minimum atomic E-state index is -0.587. The van der Waals surface area contributed by atoms with Crippen molar-refractivity contribution < 1.29 is 9.90 Å². The van der Waals surface area contributed by atoms with Crippen molar-refractivity contribution in [3.63, 3.8) is 0 Å². The molecule has 2 heteroatoms. The van der Waals surface area contributed by atoms with E-state index in [1.807, 2.05) is 18.2 Å². The van der Waals surface area contributed by atoms with E-state index in [4.69, 9.17) is 0 Å². The summed E-state index contributed by atoms with van der Waals surface area (Å²) in [6.45, 7) is 4.50. The van der Waals surface area contributed by atoms with Gasteiger partial charge in [-0.05, 0) is 55.9 Å². The summed E-state index contributed by atoms with van der Waals surface area (Å²) in [6.07, 6.45) is 5.48. The van der Waals surface area contributed by atoms with Crippen LogP contribution in [-0.2, 0) is 11.2 Å². The molecular weight excluding hydrogens is 248 g/mol. The van der Waals surface area contributed by atoms with Gasteiger partial charge in [0.05, 0.1) is 5.41 Å². The summed E-state index contributed by atoms with van der Waals surface area (Å²) in [5.74, 6) is 0.797. The first-order valence-electron chi connectivity index (χ1n) is 7.81. The Morgan fingerprint density at radius 2 is 1.85 bits per heavy atom. The highest BCUT2D eigenvalue weighted by Gasteiger charge is 2.41. The first-order chi connectivity index (χ1) is 9.53. The van der Waals surface area contributed by atoms with E-state index in [1.54, 1.807) is 0 Å². The average Bonchev–Trinajstić information content (AvgIpc) is 2.46. The monoisotopic (exact) mass is 274 g/mol. The SMILES string of the molecule is CC(C)C1CCC(CCc2ccccc2)(C(=O)O)CC1. The third-order valence-electron chi connectivity index (χ3n) is 5.12. The molecule has 2 rings (SSSR count). The maximum atomic E-state index is 11.8. The second-order valence-corrected chi connectivity index (χ2v) is 6.65. The van der Waals surface area contributed by atoms with Gasteiger partial charge in [-0.1, -0.05) is 44.2 Å². The van der Waals surface area contributed by atoms with E-state index in [0.717, 1.165) is 38.5 Å². The molecule has 1 N–H and O–H groups in total. The highest BCUT2D eigenvalue weighted by molar-refractivity contribution is 5.74. The van der Waals surface area contributed by atoms with Gasteiger partial charge < -0.3 is 5.11 Å². The molecule has 0 radical (unpaired) electrons. The molecular formula is C18H26O2. The Balaban J connectivity index is 1.99. The molecule has 20 heavy (non-hydrogen) atoms. The van der Waals surface area contributed by atoms with Crippen LogP contribution in [0.2, 0.25) is 0 Å². The summed E-state index contributed by atoms with van der Waals surface area (Å²) in [6, 6.07) is 10.2. The Kier molecular flexibility index (Phi) is 4.85. The van der Waals surface area contributed by atoms with Gasteiger partial charge >= 0.3 is 5.97 Å². The van der Waals surface area contributed by atoms with Gasteiger partial charge in [-0.15, -0.1) is 0 Å². The number of benzene rings is 1. The summed E-state index contributed by atoms with van der Waals surface area (Å²) < 4.78 is 0. The van der Waals surface area contributed by atoms with Crippen molar-refractivity contribution in [3.05, 3.63) is 35.9 Å². The molecule has 0 heterocycles. The van der Waals surface area contributed by atoms with Crippen LogP contribution in [0.1, 0.15) is 51.5 Å². The zero-order chi connectivity index (χ0) is 14.6. The minimum absolute atomic E-state index is 0.485. The van der Waals surface area contributed by atoms with Gasteiger partial charge in [0.15, 0.2) is 0 Å². The smallest absolute Gasteiger partial charge is 0.309 e. The Hall–Kier alpha value is -1.31. The standard InChI is InChI=1S/C18H26O2/c1-14(2)16-9-12-18(13-10-16,17(19)20)11-8-15-6-4-3-5-7-15/h3-7,14,16H,8-13H2,1-2H3,(H,19,20). The molecule has 0 atom stereocenters. The van der Waals surface area contributed by atoms with E-state index in [2.05, 4.69) is 26.0 Å².